The minimum Gasteiger partial charge on any atom is -0.396 e. The molecular weight excluding hydrogens is 483 g/mol. The summed E-state index contributed by atoms with van der Waals surface area (Å²) in [6, 6.07) is 7.39. The van der Waals surface area contributed by atoms with Gasteiger partial charge in [-0.3, -0.25) is 0 Å². The van der Waals surface area contributed by atoms with Crippen LogP contribution in [0.5, 0.6) is 0 Å². The normalized spacial score (nSPS) is 25.7. The van der Waals surface area contributed by atoms with Crippen molar-refractivity contribution in [2.24, 2.45) is 5.92 Å². The van der Waals surface area contributed by atoms with Gasteiger partial charge in [-0.1, -0.05) is 12.1 Å². The fourth-order valence-electron chi connectivity index (χ4n) is 4.75. The predicted octanol–water partition coefficient (Wildman–Crippen LogP) is 4.35. The van der Waals surface area contributed by atoms with Gasteiger partial charge in [0.1, 0.15) is 23.5 Å². The Kier molecular flexibility index (Phi) is 6.10. The minimum atomic E-state index is -4.41. The van der Waals surface area contributed by atoms with Gasteiger partial charge >= 0.3 is 6.18 Å². The van der Waals surface area contributed by atoms with E-state index in [4.69, 9.17) is 14.5 Å². The Morgan fingerprint density at radius 3 is 2.60 bits per heavy atom. The van der Waals surface area contributed by atoms with Crippen LogP contribution in [0, 0.1) is 12.8 Å². The molecule has 3 heterocycles. The molecule has 1 aromatic carbocycles. The number of nitrogens with zero attached hydrogens (tertiary/aromatic N) is 3. The first-order valence-electron chi connectivity index (χ1n) is 11.3. The Morgan fingerprint density at radius 1 is 1.14 bits per heavy atom. The fourth-order valence-corrected chi connectivity index (χ4v) is 5.82. The van der Waals surface area contributed by atoms with Crippen LogP contribution in [-0.4, -0.2) is 63.4 Å². The Hall–Kier alpha value is -2.54. The summed E-state index contributed by atoms with van der Waals surface area (Å²) < 4.78 is 51.6. The molecule has 35 heavy (non-hydrogen) atoms. The van der Waals surface area contributed by atoms with E-state index in [0.717, 1.165) is 10.2 Å². The first kappa shape index (κ1) is 24.2. The molecule has 1 saturated carbocycles. The number of nitrogens with one attached hydrogen (secondary N) is 2. The third kappa shape index (κ3) is 4.92. The Labute approximate surface area is 203 Å². The fraction of sp³-hybridized carbons (Fsp3) is 0.522. The highest BCUT2D eigenvalue weighted by molar-refractivity contribution is 7.21. The molecule has 1 saturated heterocycles. The average Bonchev–Trinajstić information content (AvgIpc) is 3.42. The van der Waals surface area contributed by atoms with Crippen LogP contribution in [0.2, 0.25) is 0 Å². The lowest BCUT2D eigenvalue weighted by Gasteiger charge is -2.25. The molecule has 2 aromatic heterocycles. The number of hydrogen-bond acceptors (Lipinski definition) is 9. The number of fused-ring (bicyclic) bond motifs is 2. The lowest BCUT2D eigenvalue weighted by Crippen LogP contribution is -2.35. The number of rotatable bonds is 6. The zero-order valence-corrected chi connectivity index (χ0v) is 20.2. The number of anilines is 2. The van der Waals surface area contributed by atoms with Crippen molar-refractivity contribution in [3.05, 3.63) is 30.0 Å². The summed E-state index contributed by atoms with van der Waals surface area (Å²) in [5, 5.41) is 16.2. The maximum atomic E-state index is 12.8. The SMILES string of the molecule is Cc1nc(NCC(F)(F)F)nc(NC2CC(CO)C3OC(C)(C)OC23)c1-c1nc2ccccc2s1. The van der Waals surface area contributed by atoms with Crippen LogP contribution in [0.4, 0.5) is 24.9 Å². The molecule has 0 spiro atoms. The largest absolute Gasteiger partial charge is 0.405 e. The van der Waals surface area contributed by atoms with Crippen molar-refractivity contribution >= 4 is 33.3 Å². The highest BCUT2D eigenvalue weighted by Crippen LogP contribution is 2.44. The molecule has 5 rings (SSSR count). The van der Waals surface area contributed by atoms with Crippen molar-refractivity contribution in [3.63, 3.8) is 0 Å². The van der Waals surface area contributed by atoms with Gasteiger partial charge in [0, 0.05) is 12.5 Å². The van der Waals surface area contributed by atoms with Gasteiger partial charge in [-0.05, 0) is 39.3 Å². The second kappa shape index (κ2) is 8.84. The first-order valence-corrected chi connectivity index (χ1v) is 12.1. The number of alkyl halides is 3. The highest BCUT2D eigenvalue weighted by Gasteiger charge is 2.54. The molecule has 2 aliphatic rings. The number of ether oxygens (including phenoxy) is 2. The highest BCUT2D eigenvalue weighted by atomic mass is 32.1. The maximum Gasteiger partial charge on any atom is 0.405 e. The standard InChI is InChI=1S/C23H26F3N5O3S/c1-11-16(20-30-13-6-4-5-7-15(13)35-20)19(31-21(28-11)27-10-23(24,25)26)29-14-8-12(9-32)17-18(14)34-22(2,3)33-17/h4-7,12,14,17-18,32H,8-10H2,1-3H3,(H2,27,28,29,31). The number of thiazole rings is 1. The molecule has 1 aliphatic heterocycles. The summed E-state index contributed by atoms with van der Waals surface area (Å²) in [6.07, 6.45) is -4.52. The lowest BCUT2D eigenvalue weighted by molar-refractivity contribution is -0.158. The zero-order valence-electron chi connectivity index (χ0n) is 19.4. The summed E-state index contributed by atoms with van der Waals surface area (Å²) in [6.45, 7) is 4.04. The van der Waals surface area contributed by atoms with Gasteiger partial charge in [0.25, 0.3) is 0 Å². The molecular formula is C23H26F3N5O3S. The number of hydrogen-bond donors (Lipinski definition) is 3. The van der Waals surface area contributed by atoms with Crippen molar-refractivity contribution in [1.82, 2.24) is 15.0 Å². The number of para-hydroxylation sites is 1. The van der Waals surface area contributed by atoms with Gasteiger partial charge in [-0.2, -0.15) is 18.2 Å². The Morgan fingerprint density at radius 2 is 1.89 bits per heavy atom. The van der Waals surface area contributed by atoms with Crippen molar-refractivity contribution in [2.45, 2.75) is 57.4 Å². The van der Waals surface area contributed by atoms with E-state index in [9.17, 15) is 18.3 Å². The van der Waals surface area contributed by atoms with Gasteiger partial charge in [-0.25, -0.2) is 9.97 Å². The molecule has 3 aromatic rings. The van der Waals surface area contributed by atoms with E-state index < -0.39 is 18.5 Å². The Bertz CT molecular complexity index is 1200. The molecule has 4 unspecified atom stereocenters. The monoisotopic (exact) mass is 509 g/mol. The van der Waals surface area contributed by atoms with Gasteiger partial charge < -0.3 is 25.2 Å². The molecule has 1 aliphatic carbocycles. The van der Waals surface area contributed by atoms with Crippen LogP contribution in [0.1, 0.15) is 26.0 Å². The van der Waals surface area contributed by atoms with Crippen LogP contribution < -0.4 is 10.6 Å². The number of aromatic nitrogens is 3. The van der Waals surface area contributed by atoms with E-state index >= 15 is 0 Å². The van der Waals surface area contributed by atoms with Crippen molar-refractivity contribution < 1.29 is 27.8 Å². The number of benzene rings is 1. The zero-order chi connectivity index (χ0) is 25.0. The van der Waals surface area contributed by atoms with Gasteiger partial charge in [0.05, 0.1) is 33.6 Å². The molecule has 2 fully saturated rings. The van der Waals surface area contributed by atoms with Gasteiger partial charge in [-0.15, -0.1) is 11.3 Å². The van der Waals surface area contributed by atoms with Crippen molar-refractivity contribution in [3.8, 4) is 10.6 Å². The van der Waals surface area contributed by atoms with Crippen molar-refractivity contribution in [1.29, 1.82) is 0 Å². The molecule has 0 radical (unpaired) electrons. The average molecular weight is 510 g/mol. The molecule has 8 nitrogen and oxygen atoms in total. The number of aryl methyl sites for hydroxylation is 1. The van der Waals surface area contributed by atoms with Gasteiger partial charge in [0.15, 0.2) is 5.79 Å². The summed E-state index contributed by atoms with van der Waals surface area (Å²) in [5.74, 6) is -0.725. The first-order chi connectivity index (χ1) is 16.5. The third-order valence-electron chi connectivity index (χ3n) is 6.18. The van der Waals surface area contributed by atoms with Crippen LogP contribution >= 0.6 is 11.3 Å². The molecule has 4 atom stereocenters. The number of aliphatic hydroxyl groups is 1. The molecule has 0 bridgehead atoms. The Balaban J connectivity index is 1.53. The second-order valence-electron chi connectivity index (χ2n) is 9.31. The van der Waals surface area contributed by atoms with Crippen LogP contribution in [0.25, 0.3) is 20.8 Å². The van der Waals surface area contributed by atoms with E-state index in [2.05, 4.69) is 20.6 Å². The maximum absolute atomic E-state index is 12.8. The molecule has 188 valence electrons. The van der Waals surface area contributed by atoms with Crippen LogP contribution in [0.15, 0.2) is 24.3 Å². The molecule has 3 N–H and O–H groups in total. The topological polar surface area (TPSA) is 101 Å². The lowest BCUT2D eigenvalue weighted by atomic mass is 10.1. The summed E-state index contributed by atoms with van der Waals surface area (Å²) in [4.78, 5) is 13.4. The smallest absolute Gasteiger partial charge is 0.396 e. The summed E-state index contributed by atoms with van der Waals surface area (Å²) in [5.41, 5.74) is 1.92. The van der Waals surface area contributed by atoms with E-state index in [1.807, 2.05) is 38.1 Å². The van der Waals surface area contributed by atoms with E-state index in [-0.39, 0.29) is 36.7 Å². The van der Waals surface area contributed by atoms with E-state index in [0.29, 0.717) is 28.5 Å². The third-order valence-corrected chi connectivity index (χ3v) is 7.24. The minimum absolute atomic E-state index is 0.0648. The van der Waals surface area contributed by atoms with Crippen LogP contribution in [0.3, 0.4) is 0 Å². The number of halogens is 3. The summed E-state index contributed by atoms with van der Waals surface area (Å²) >= 11 is 1.46. The van der Waals surface area contributed by atoms with Crippen LogP contribution in [-0.2, 0) is 9.47 Å². The van der Waals surface area contributed by atoms with Crippen molar-refractivity contribution in [2.75, 3.05) is 23.8 Å². The quantitative estimate of drug-likeness (QED) is 0.451. The summed E-state index contributed by atoms with van der Waals surface area (Å²) in [7, 11) is 0. The predicted molar refractivity (Wildman–Crippen MR) is 126 cm³/mol. The molecule has 12 heteroatoms. The number of aliphatic hydroxyl groups excluding tert-OH is 1. The van der Waals surface area contributed by atoms with E-state index in [1.165, 1.54) is 11.3 Å². The van der Waals surface area contributed by atoms with E-state index in [1.54, 1.807) is 6.92 Å². The second-order valence-corrected chi connectivity index (χ2v) is 10.3. The molecule has 0 amide bonds. The van der Waals surface area contributed by atoms with Gasteiger partial charge in [0.2, 0.25) is 5.95 Å².